The summed E-state index contributed by atoms with van der Waals surface area (Å²) < 4.78 is 5.43. The molecule has 5 nitrogen and oxygen atoms in total. The number of ether oxygens (including phenoxy) is 1. The molecule has 0 spiro atoms. The minimum Gasteiger partial charge on any atom is -0.444 e. The molecule has 150 valence electrons. The Morgan fingerprint density at radius 3 is 2.39 bits per heavy atom. The van der Waals surface area contributed by atoms with Crippen molar-refractivity contribution in [3.8, 4) is 0 Å². The number of nitrogens with one attached hydrogen (secondary N) is 1. The van der Waals surface area contributed by atoms with Crippen molar-refractivity contribution in [3.63, 3.8) is 0 Å². The Balaban J connectivity index is 1.66. The van der Waals surface area contributed by atoms with Gasteiger partial charge in [-0.1, -0.05) is 36.4 Å². The zero-order valence-corrected chi connectivity index (χ0v) is 17.1. The zero-order valence-electron chi connectivity index (χ0n) is 17.1. The minimum atomic E-state index is -0.499. The Hall–Kier alpha value is -2.40. The van der Waals surface area contributed by atoms with E-state index in [1.54, 1.807) is 0 Å². The average molecular weight is 382 g/mol. The highest BCUT2D eigenvalue weighted by atomic mass is 16.6. The fraction of sp³-hybridized carbons (Fsp3) is 0.478. The third-order valence-electron chi connectivity index (χ3n) is 5.24. The summed E-state index contributed by atoms with van der Waals surface area (Å²) in [5.41, 5.74) is 1.72. The number of pyridine rings is 1. The van der Waals surface area contributed by atoms with Crippen molar-refractivity contribution in [1.29, 1.82) is 0 Å². The van der Waals surface area contributed by atoms with E-state index in [2.05, 4.69) is 45.5 Å². The monoisotopic (exact) mass is 381 g/mol. The molecule has 0 atom stereocenters. The lowest BCUT2D eigenvalue weighted by molar-refractivity contribution is 0.0496. The van der Waals surface area contributed by atoms with Crippen LogP contribution >= 0.6 is 0 Å². The number of carbonyl (C=O) groups is 1. The molecule has 5 heteroatoms. The van der Waals surface area contributed by atoms with E-state index in [-0.39, 0.29) is 11.5 Å². The minimum absolute atomic E-state index is 0.161. The molecule has 1 amide bonds. The Labute approximate surface area is 168 Å². The Morgan fingerprint density at radius 1 is 1.11 bits per heavy atom. The first kappa shape index (κ1) is 20.3. The molecule has 2 heterocycles. The second-order valence-electron chi connectivity index (χ2n) is 8.61. The van der Waals surface area contributed by atoms with Gasteiger partial charge >= 0.3 is 6.09 Å². The van der Waals surface area contributed by atoms with Gasteiger partial charge in [-0.25, -0.2) is 4.79 Å². The van der Waals surface area contributed by atoms with Crippen molar-refractivity contribution in [2.45, 2.75) is 51.2 Å². The molecule has 0 bridgehead atoms. The number of rotatable bonds is 5. The smallest absolute Gasteiger partial charge is 0.407 e. The molecule has 3 rings (SSSR count). The van der Waals surface area contributed by atoms with Gasteiger partial charge in [0, 0.05) is 30.4 Å². The van der Waals surface area contributed by atoms with E-state index in [0.29, 0.717) is 6.54 Å². The number of hydrogen-bond donors (Lipinski definition) is 1. The molecule has 28 heavy (non-hydrogen) atoms. The van der Waals surface area contributed by atoms with E-state index in [0.717, 1.165) is 38.2 Å². The Kier molecular flexibility index (Phi) is 6.35. The van der Waals surface area contributed by atoms with Gasteiger partial charge < -0.3 is 10.1 Å². The fourth-order valence-corrected chi connectivity index (χ4v) is 3.74. The lowest BCUT2D eigenvalue weighted by Crippen LogP contribution is -2.49. The van der Waals surface area contributed by atoms with Gasteiger partial charge in [-0.2, -0.15) is 0 Å². The second kappa shape index (κ2) is 8.74. The maximum atomic E-state index is 12.2. The highest BCUT2D eigenvalue weighted by Gasteiger charge is 2.38. The predicted octanol–water partition coefficient (Wildman–Crippen LogP) is 4.14. The number of benzene rings is 1. The summed E-state index contributed by atoms with van der Waals surface area (Å²) >= 11 is 0. The maximum Gasteiger partial charge on any atom is 0.407 e. The maximum absolute atomic E-state index is 12.2. The SMILES string of the molecule is CC(C)(C)OC(=O)NCC1(c2ccccn2)CCN(Cc2ccccc2)CC1. The van der Waals surface area contributed by atoms with Crippen LogP contribution in [0.1, 0.15) is 44.9 Å². The first-order chi connectivity index (χ1) is 13.4. The lowest BCUT2D eigenvalue weighted by Gasteiger charge is -2.41. The third-order valence-corrected chi connectivity index (χ3v) is 5.24. The first-order valence-corrected chi connectivity index (χ1v) is 10.0. The molecule has 1 aliphatic heterocycles. The van der Waals surface area contributed by atoms with Gasteiger partial charge in [-0.3, -0.25) is 9.88 Å². The van der Waals surface area contributed by atoms with Crippen molar-refractivity contribution in [1.82, 2.24) is 15.2 Å². The van der Waals surface area contributed by atoms with Crippen LogP contribution < -0.4 is 5.32 Å². The highest BCUT2D eigenvalue weighted by Crippen LogP contribution is 2.34. The molecule has 1 aromatic heterocycles. The number of likely N-dealkylation sites (tertiary alicyclic amines) is 1. The summed E-state index contributed by atoms with van der Waals surface area (Å²) in [5.74, 6) is 0. The molecule has 1 aromatic carbocycles. The van der Waals surface area contributed by atoms with Crippen molar-refractivity contribution in [2.24, 2.45) is 0 Å². The van der Waals surface area contributed by atoms with Crippen LogP contribution in [0.5, 0.6) is 0 Å². The van der Waals surface area contributed by atoms with Crippen molar-refractivity contribution in [2.75, 3.05) is 19.6 Å². The molecule has 1 fully saturated rings. The van der Waals surface area contributed by atoms with Gasteiger partial charge in [0.25, 0.3) is 0 Å². The van der Waals surface area contributed by atoms with Crippen LogP contribution in [0.15, 0.2) is 54.7 Å². The number of hydrogen-bond acceptors (Lipinski definition) is 4. The topological polar surface area (TPSA) is 54.5 Å². The molecule has 0 aliphatic carbocycles. The number of carbonyl (C=O) groups excluding carboxylic acids is 1. The van der Waals surface area contributed by atoms with E-state index in [4.69, 9.17) is 4.74 Å². The molecule has 2 aromatic rings. The second-order valence-corrected chi connectivity index (χ2v) is 8.61. The van der Waals surface area contributed by atoms with E-state index in [1.807, 2.05) is 45.2 Å². The van der Waals surface area contributed by atoms with Crippen molar-refractivity contribution >= 4 is 6.09 Å². The summed E-state index contributed by atoms with van der Waals surface area (Å²) in [6.07, 6.45) is 3.37. The molecule has 1 N–H and O–H groups in total. The Morgan fingerprint density at radius 2 is 1.79 bits per heavy atom. The lowest BCUT2D eigenvalue weighted by atomic mass is 9.75. The zero-order chi connectivity index (χ0) is 20.0. The predicted molar refractivity (Wildman–Crippen MR) is 111 cm³/mol. The van der Waals surface area contributed by atoms with Crippen LogP contribution in [-0.2, 0) is 16.7 Å². The van der Waals surface area contributed by atoms with Crippen molar-refractivity contribution in [3.05, 3.63) is 66.0 Å². The summed E-state index contributed by atoms with van der Waals surface area (Å²) in [7, 11) is 0. The number of nitrogens with zero attached hydrogens (tertiary/aromatic N) is 2. The van der Waals surface area contributed by atoms with Gasteiger partial charge in [0.05, 0.1) is 0 Å². The van der Waals surface area contributed by atoms with Gasteiger partial charge in [-0.15, -0.1) is 0 Å². The number of piperidine rings is 1. The third kappa shape index (κ3) is 5.55. The summed E-state index contributed by atoms with van der Waals surface area (Å²) in [6.45, 7) is 9.08. The molecule has 1 aliphatic rings. The first-order valence-electron chi connectivity index (χ1n) is 10.0. The van der Waals surface area contributed by atoms with Crippen molar-refractivity contribution < 1.29 is 9.53 Å². The molecule has 0 radical (unpaired) electrons. The average Bonchev–Trinajstić information content (AvgIpc) is 2.68. The number of alkyl carbamates (subject to hydrolysis) is 1. The summed E-state index contributed by atoms with van der Waals surface area (Å²) in [4.78, 5) is 19.3. The molecule has 1 saturated heterocycles. The van der Waals surface area contributed by atoms with E-state index >= 15 is 0 Å². The fourth-order valence-electron chi connectivity index (χ4n) is 3.74. The van der Waals surface area contributed by atoms with Gasteiger partial charge in [-0.05, 0) is 64.4 Å². The van der Waals surface area contributed by atoms with E-state index in [9.17, 15) is 4.79 Å². The largest absolute Gasteiger partial charge is 0.444 e. The van der Waals surface area contributed by atoms with Gasteiger partial charge in [0.2, 0.25) is 0 Å². The van der Waals surface area contributed by atoms with Crippen LogP contribution in [0, 0.1) is 0 Å². The van der Waals surface area contributed by atoms with Crippen LogP contribution in [0.4, 0.5) is 4.79 Å². The quantitative estimate of drug-likeness (QED) is 0.846. The Bertz CT molecular complexity index is 748. The standard InChI is InChI=1S/C23H31N3O2/c1-22(2,3)28-21(27)25-18-23(20-11-7-8-14-24-20)12-15-26(16-13-23)17-19-9-5-4-6-10-19/h4-11,14H,12-13,15-18H2,1-3H3,(H,25,27). The van der Waals surface area contributed by atoms with Crippen LogP contribution in [0.3, 0.4) is 0 Å². The van der Waals surface area contributed by atoms with E-state index < -0.39 is 5.60 Å². The van der Waals surface area contributed by atoms with Crippen LogP contribution in [0.2, 0.25) is 0 Å². The highest BCUT2D eigenvalue weighted by molar-refractivity contribution is 5.67. The summed E-state index contributed by atoms with van der Waals surface area (Å²) in [5, 5.41) is 2.99. The van der Waals surface area contributed by atoms with E-state index in [1.165, 1.54) is 5.56 Å². The molecular weight excluding hydrogens is 350 g/mol. The summed E-state index contributed by atoms with van der Waals surface area (Å²) in [6, 6.07) is 16.6. The number of aromatic nitrogens is 1. The molecular formula is C23H31N3O2. The van der Waals surface area contributed by atoms with Crippen LogP contribution in [-0.4, -0.2) is 41.2 Å². The number of amides is 1. The molecule has 0 saturated carbocycles. The molecule has 0 unspecified atom stereocenters. The van der Waals surface area contributed by atoms with Crippen LogP contribution in [0.25, 0.3) is 0 Å². The van der Waals surface area contributed by atoms with Gasteiger partial charge in [0.1, 0.15) is 5.60 Å². The normalized spacial score (nSPS) is 17.1. The van der Waals surface area contributed by atoms with Gasteiger partial charge in [0.15, 0.2) is 0 Å².